The Hall–Kier alpha value is 0.837. The van der Waals surface area contributed by atoms with Gasteiger partial charge in [-0.05, 0) is 18.1 Å². The van der Waals surface area contributed by atoms with Crippen LogP contribution in [0.15, 0.2) is 0 Å². The quantitative estimate of drug-likeness (QED) is 0.313. The summed E-state index contributed by atoms with van der Waals surface area (Å²) in [6.07, 6.45) is 0. The van der Waals surface area contributed by atoms with Crippen molar-refractivity contribution in [2.45, 2.75) is 13.8 Å². The van der Waals surface area contributed by atoms with Crippen molar-refractivity contribution in [3.63, 3.8) is 0 Å². The maximum absolute atomic E-state index is 4.90. The zero-order chi connectivity index (χ0) is 6.57. The van der Waals surface area contributed by atoms with E-state index in [1.54, 1.807) is 0 Å². The van der Waals surface area contributed by atoms with E-state index in [0.717, 1.165) is 0 Å². The van der Waals surface area contributed by atoms with Crippen molar-refractivity contribution in [3.05, 3.63) is 0 Å². The Morgan fingerprint density at radius 2 is 2.22 bits per heavy atom. The van der Waals surface area contributed by atoms with Gasteiger partial charge in [0.15, 0.2) is 0 Å². The maximum atomic E-state index is 4.90. The topological polar surface area (TPSA) is 9.23 Å². The number of ether oxygens (including phenoxy) is 1. The van der Waals surface area contributed by atoms with Crippen LogP contribution in [0, 0.1) is 5.92 Å². The summed E-state index contributed by atoms with van der Waals surface area (Å²) in [5.41, 5.74) is 0. The number of rotatable bonds is 2. The van der Waals surface area contributed by atoms with Gasteiger partial charge in [-0.1, -0.05) is 26.5 Å². The van der Waals surface area contributed by atoms with Crippen LogP contribution in [0.4, 0.5) is 0 Å². The van der Waals surface area contributed by atoms with Crippen LogP contribution < -0.4 is 18.9 Å². The van der Waals surface area contributed by atoms with E-state index in [2.05, 4.69) is 38.7 Å². The second-order valence-electron chi connectivity index (χ2n) is 1.97. The number of hydrogen-bond donors (Lipinski definition) is 1. The molecule has 0 spiro atoms. The van der Waals surface area contributed by atoms with Gasteiger partial charge < -0.3 is 6.16 Å². The van der Waals surface area contributed by atoms with Gasteiger partial charge >= 0.3 is 18.9 Å². The Balaban J connectivity index is -0.000000245. The van der Waals surface area contributed by atoms with E-state index in [-0.39, 0.29) is 20.3 Å². The predicted octanol–water partition coefficient (Wildman–Crippen LogP) is -1.01. The Morgan fingerprint density at radius 1 is 1.78 bits per heavy atom. The van der Waals surface area contributed by atoms with Gasteiger partial charge in [-0.3, -0.25) is 0 Å². The number of thiol groups is 1. The minimum atomic E-state index is 0. The van der Waals surface area contributed by atoms with Crippen molar-refractivity contribution in [1.29, 1.82) is 0 Å². The van der Waals surface area contributed by atoms with Gasteiger partial charge in [-0.2, -0.15) is 0 Å². The van der Waals surface area contributed by atoms with Crippen molar-refractivity contribution >= 4 is 29.2 Å². The monoisotopic (exact) mass is 158 g/mol. The SMILES string of the molecule is CC(C)COC(=S)S.[H-].[Li+]. The van der Waals surface area contributed by atoms with E-state index in [1.807, 2.05) is 0 Å². The first-order valence-electron chi connectivity index (χ1n) is 2.48. The van der Waals surface area contributed by atoms with Crippen molar-refractivity contribution in [1.82, 2.24) is 0 Å². The average molecular weight is 158 g/mol. The van der Waals surface area contributed by atoms with Crippen LogP contribution in [0.3, 0.4) is 0 Å². The Labute approximate surface area is 80.6 Å². The molecule has 0 atom stereocenters. The molecule has 0 N–H and O–H groups in total. The van der Waals surface area contributed by atoms with E-state index in [0.29, 0.717) is 16.9 Å². The molecule has 4 heteroatoms. The van der Waals surface area contributed by atoms with E-state index in [9.17, 15) is 0 Å². The summed E-state index contributed by atoms with van der Waals surface area (Å²) in [6.45, 7) is 4.79. The van der Waals surface area contributed by atoms with Gasteiger partial charge in [0.25, 0.3) is 0 Å². The van der Waals surface area contributed by atoms with Crippen LogP contribution >= 0.6 is 24.8 Å². The fourth-order valence-electron chi connectivity index (χ4n) is 0.238. The summed E-state index contributed by atoms with van der Waals surface area (Å²) in [5, 5.41) is 0. The minimum Gasteiger partial charge on any atom is -1.00 e. The van der Waals surface area contributed by atoms with Gasteiger partial charge in [0.2, 0.25) is 4.38 Å². The maximum Gasteiger partial charge on any atom is 1.00 e. The van der Waals surface area contributed by atoms with Crippen LogP contribution in [0.2, 0.25) is 0 Å². The van der Waals surface area contributed by atoms with Gasteiger partial charge in [0, 0.05) is 0 Å². The smallest absolute Gasteiger partial charge is 1.00 e. The summed E-state index contributed by atoms with van der Waals surface area (Å²) in [6, 6.07) is 0. The van der Waals surface area contributed by atoms with E-state index in [1.165, 1.54) is 0 Å². The van der Waals surface area contributed by atoms with E-state index >= 15 is 0 Å². The molecule has 0 aliphatic carbocycles. The van der Waals surface area contributed by atoms with Crippen molar-refractivity contribution in [3.8, 4) is 0 Å². The molecule has 9 heavy (non-hydrogen) atoms. The zero-order valence-corrected chi connectivity index (χ0v) is 7.76. The minimum absolute atomic E-state index is 0. The van der Waals surface area contributed by atoms with Crippen molar-refractivity contribution in [2.75, 3.05) is 6.61 Å². The molecule has 0 unspecified atom stereocenters. The third kappa shape index (κ3) is 12.1. The van der Waals surface area contributed by atoms with Crippen LogP contribution in [-0.4, -0.2) is 11.0 Å². The van der Waals surface area contributed by atoms with Crippen molar-refractivity contribution in [2.24, 2.45) is 5.92 Å². The molecule has 0 saturated heterocycles. The van der Waals surface area contributed by atoms with Crippen LogP contribution in [-0.2, 0) is 4.74 Å². The van der Waals surface area contributed by atoms with E-state index < -0.39 is 0 Å². The average Bonchev–Trinajstić information content (AvgIpc) is 1.61. The Kier molecular flexibility index (Phi) is 9.66. The first-order valence-corrected chi connectivity index (χ1v) is 3.34. The first kappa shape index (κ1) is 12.5. The molecule has 1 nitrogen and oxygen atoms in total. The Morgan fingerprint density at radius 3 is 2.33 bits per heavy atom. The predicted molar refractivity (Wildman–Crippen MR) is 43.5 cm³/mol. The summed E-state index contributed by atoms with van der Waals surface area (Å²) in [5.74, 6) is 0.528. The molecule has 0 aromatic carbocycles. The molecule has 0 aromatic heterocycles. The normalized spacial score (nSPS) is 8.44. The van der Waals surface area contributed by atoms with Crippen molar-refractivity contribution < 1.29 is 25.0 Å². The second-order valence-corrected chi connectivity index (χ2v) is 3.05. The molecular weight excluding hydrogens is 147 g/mol. The summed E-state index contributed by atoms with van der Waals surface area (Å²) >= 11 is 8.34. The Bertz CT molecular complexity index is 89.7. The molecule has 0 aliphatic rings. The molecule has 0 amide bonds. The summed E-state index contributed by atoms with van der Waals surface area (Å²) in [7, 11) is 0. The molecule has 0 fully saturated rings. The molecular formula is C5H11LiOS2. The second kappa shape index (κ2) is 6.95. The van der Waals surface area contributed by atoms with Gasteiger partial charge in [-0.25, -0.2) is 0 Å². The molecule has 0 aliphatic heterocycles. The molecule has 0 saturated carbocycles. The molecule has 0 heterocycles. The van der Waals surface area contributed by atoms with E-state index in [4.69, 9.17) is 4.74 Å². The third-order valence-corrected chi connectivity index (χ3v) is 0.787. The number of hydrogen-bond acceptors (Lipinski definition) is 2. The zero-order valence-electron chi connectivity index (χ0n) is 7.05. The third-order valence-electron chi connectivity index (χ3n) is 0.540. The molecule has 0 aromatic rings. The largest absolute Gasteiger partial charge is 1.00 e. The fourth-order valence-corrected chi connectivity index (χ4v) is 0.381. The molecule has 0 radical (unpaired) electrons. The summed E-state index contributed by atoms with van der Waals surface area (Å²) in [4.78, 5) is 0. The standard InChI is InChI=1S/C5H10OS2.Li.H/c1-4(2)3-6-5(7)8;;/h4H,3H2,1-2H3,(H,7,8);;/q;+1;-1. The fraction of sp³-hybridized carbons (Fsp3) is 0.800. The molecule has 0 rings (SSSR count). The van der Waals surface area contributed by atoms with Crippen LogP contribution in [0.5, 0.6) is 0 Å². The van der Waals surface area contributed by atoms with Crippen LogP contribution in [0.1, 0.15) is 15.3 Å². The molecule has 50 valence electrons. The van der Waals surface area contributed by atoms with Crippen LogP contribution in [0.25, 0.3) is 0 Å². The molecule has 0 bridgehead atoms. The van der Waals surface area contributed by atoms with Gasteiger partial charge in [0.05, 0.1) is 6.61 Å². The van der Waals surface area contributed by atoms with Gasteiger partial charge in [-0.15, -0.1) is 0 Å². The number of thiocarbonyl (C=S) groups is 1. The summed E-state index contributed by atoms with van der Waals surface area (Å²) < 4.78 is 5.23. The first-order chi connectivity index (χ1) is 3.63. The van der Waals surface area contributed by atoms with Gasteiger partial charge in [0.1, 0.15) is 0 Å².